The molecule has 0 unspecified atom stereocenters. The van der Waals surface area contributed by atoms with E-state index in [1.807, 2.05) is 0 Å². The number of rotatable bonds is 2. The van der Waals surface area contributed by atoms with Crippen LogP contribution in [0.3, 0.4) is 0 Å². The molecule has 0 rings (SSSR count). The van der Waals surface area contributed by atoms with Gasteiger partial charge in [-0.3, -0.25) is 0 Å². The summed E-state index contributed by atoms with van der Waals surface area (Å²) >= 11 is 6.91. The van der Waals surface area contributed by atoms with E-state index in [2.05, 4.69) is 30.4 Å². The number of amides is 1. The van der Waals surface area contributed by atoms with Gasteiger partial charge in [0.1, 0.15) is 6.61 Å². The van der Waals surface area contributed by atoms with Crippen molar-refractivity contribution in [3.8, 4) is 0 Å². The van der Waals surface area contributed by atoms with Crippen molar-refractivity contribution in [2.75, 3.05) is 6.61 Å². The molecule has 0 atom stereocenters. The zero-order chi connectivity index (χ0) is 8.15. The topological polar surface area (TPSA) is 70.0 Å². The molecule has 5 nitrogen and oxygen atoms in total. The Labute approximate surface area is 119 Å². The van der Waals surface area contributed by atoms with Crippen molar-refractivity contribution in [1.29, 1.82) is 0 Å². The first-order valence-electron chi connectivity index (χ1n) is 2.25. The third-order valence-electron chi connectivity index (χ3n) is 0.519. The fourth-order valence-corrected chi connectivity index (χ4v) is 0.319. The molecule has 11 heavy (non-hydrogen) atoms. The van der Waals surface area contributed by atoms with Crippen molar-refractivity contribution in [2.45, 2.75) is 6.29 Å². The number of thiol groups is 2. The molecule has 0 fully saturated rings. The third-order valence-corrected chi connectivity index (χ3v) is 0.846. The quantitative estimate of drug-likeness (QED) is 0.224. The predicted octanol–water partition coefficient (Wildman–Crippen LogP) is -3.46. The molecule has 0 aromatic heterocycles. The van der Waals surface area contributed by atoms with Crippen molar-refractivity contribution < 1.29 is 72.6 Å². The molecule has 2 N–H and O–H groups in total. The molecular formula is C3H8KNO4S2. The molecule has 0 saturated carbocycles. The van der Waals surface area contributed by atoms with E-state index in [-0.39, 0.29) is 52.8 Å². The first kappa shape index (κ1) is 15.0. The number of carbonyl (C=O) groups excluding carboxylic acids is 1. The Kier molecular flexibility index (Phi) is 11.1. The Bertz CT molecular complexity index is 127. The molecule has 8 heteroatoms. The summed E-state index contributed by atoms with van der Waals surface area (Å²) in [6, 6.07) is 0. The number of hydrogen-bond donors (Lipinski definition) is 4. The summed E-state index contributed by atoms with van der Waals surface area (Å²) in [6.07, 6.45) is -2.52. The predicted molar refractivity (Wildman–Crippen MR) is 40.5 cm³/mol. The fourth-order valence-electron chi connectivity index (χ4n) is 0.204. The Hall–Kier alpha value is 1.53. The molecule has 0 heterocycles. The minimum Gasteiger partial charge on any atom is -1.00 e. The molecule has 0 saturated heterocycles. The van der Waals surface area contributed by atoms with Gasteiger partial charge in [0.2, 0.25) is 0 Å². The second-order valence-corrected chi connectivity index (χ2v) is 2.46. The van der Waals surface area contributed by atoms with Gasteiger partial charge in [-0.15, -0.1) is 0 Å². The SMILES string of the molecule is O=C(OCC(O)O)N(S)S.[H-].[K+]. The van der Waals surface area contributed by atoms with Crippen LogP contribution in [0.4, 0.5) is 4.79 Å². The monoisotopic (exact) mass is 225 g/mol. The fraction of sp³-hybridized carbons (Fsp3) is 0.667. The molecule has 0 aromatic rings. The summed E-state index contributed by atoms with van der Waals surface area (Å²) < 4.78 is 4.78. The first-order chi connectivity index (χ1) is 4.54. The number of ether oxygens (including phenoxy) is 1. The molecule has 0 radical (unpaired) electrons. The molecular weight excluding hydrogens is 217 g/mol. The maximum atomic E-state index is 10.4. The minimum atomic E-state index is -1.66. The Balaban J connectivity index is -0.000000405. The van der Waals surface area contributed by atoms with Crippen LogP contribution in [-0.4, -0.2) is 32.9 Å². The van der Waals surface area contributed by atoms with Gasteiger partial charge in [0.15, 0.2) is 6.29 Å². The van der Waals surface area contributed by atoms with Gasteiger partial charge in [-0.1, -0.05) is 0 Å². The first-order valence-corrected chi connectivity index (χ1v) is 3.05. The van der Waals surface area contributed by atoms with Crippen LogP contribution in [-0.2, 0) is 4.74 Å². The van der Waals surface area contributed by atoms with Gasteiger partial charge in [0, 0.05) is 0 Å². The van der Waals surface area contributed by atoms with Crippen molar-refractivity contribution in [1.82, 2.24) is 3.71 Å². The van der Waals surface area contributed by atoms with Gasteiger partial charge in [-0.2, -0.15) is 3.71 Å². The smallest absolute Gasteiger partial charge is 1.00 e. The van der Waals surface area contributed by atoms with Crippen LogP contribution in [0, 0.1) is 0 Å². The van der Waals surface area contributed by atoms with Crippen LogP contribution < -0.4 is 51.4 Å². The number of carbonyl (C=O) groups is 1. The average Bonchev–Trinajstić information content (AvgIpc) is 1.82. The van der Waals surface area contributed by atoms with Crippen LogP contribution >= 0.6 is 25.6 Å². The van der Waals surface area contributed by atoms with Crippen molar-refractivity contribution in [3.63, 3.8) is 0 Å². The molecule has 0 bridgehead atoms. The van der Waals surface area contributed by atoms with E-state index in [4.69, 9.17) is 10.2 Å². The normalized spacial score (nSPS) is 8.82. The number of hydrogen-bond acceptors (Lipinski definition) is 6. The Morgan fingerprint density at radius 1 is 1.64 bits per heavy atom. The minimum absolute atomic E-state index is 0. The van der Waals surface area contributed by atoms with Crippen LogP contribution in [0.15, 0.2) is 0 Å². The van der Waals surface area contributed by atoms with Crippen LogP contribution in [0.25, 0.3) is 0 Å². The van der Waals surface area contributed by atoms with Crippen molar-refractivity contribution in [3.05, 3.63) is 0 Å². The number of aliphatic hydroxyl groups is 2. The maximum Gasteiger partial charge on any atom is 1.00 e. The molecule has 0 aliphatic carbocycles. The van der Waals surface area contributed by atoms with Crippen LogP contribution in [0.2, 0.25) is 0 Å². The van der Waals surface area contributed by atoms with Gasteiger partial charge in [-0.05, 0) is 25.6 Å². The summed E-state index contributed by atoms with van der Waals surface area (Å²) in [7, 11) is 0. The summed E-state index contributed by atoms with van der Waals surface area (Å²) in [5.41, 5.74) is 0. The zero-order valence-corrected chi connectivity index (χ0v) is 10.7. The molecule has 62 valence electrons. The Morgan fingerprint density at radius 2 is 2.09 bits per heavy atom. The average molecular weight is 225 g/mol. The van der Waals surface area contributed by atoms with Crippen molar-refractivity contribution >= 4 is 31.7 Å². The summed E-state index contributed by atoms with van der Waals surface area (Å²) in [6.45, 7) is -0.490. The maximum absolute atomic E-state index is 10.4. The van der Waals surface area contributed by atoms with E-state index in [1.54, 1.807) is 0 Å². The van der Waals surface area contributed by atoms with Gasteiger partial charge in [0.05, 0.1) is 0 Å². The van der Waals surface area contributed by atoms with Crippen molar-refractivity contribution in [2.24, 2.45) is 0 Å². The standard InChI is InChI=1S/C3H7NO4S2.K.H/c5-2(6)1-8-3(7)4(9)10;;/h2,5-6,9-10H,1H2;;/q;+1;-1. The second kappa shape index (κ2) is 8.14. The Morgan fingerprint density at radius 3 is 2.36 bits per heavy atom. The summed E-state index contributed by atoms with van der Waals surface area (Å²) in [4.78, 5) is 10.4. The molecule has 0 aliphatic rings. The van der Waals surface area contributed by atoms with Crippen LogP contribution in [0.5, 0.6) is 0 Å². The zero-order valence-electron chi connectivity index (χ0n) is 6.84. The van der Waals surface area contributed by atoms with E-state index in [0.29, 0.717) is 3.71 Å². The van der Waals surface area contributed by atoms with Gasteiger partial charge in [0.25, 0.3) is 0 Å². The van der Waals surface area contributed by atoms with E-state index in [0.717, 1.165) is 0 Å². The number of nitrogens with zero attached hydrogens (tertiary/aromatic N) is 1. The van der Waals surface area contributed by atoms with Gasteiger partial charge in [-0.25, -0.2) is 4.79 Å². The number of aliphatic hydroxyl groups excluding tert-OH is 1. The summed E-state index contributed by atoms with van der Waals surface area (Å²) in [5, 5.41) is 16.4. The largest absolute Gasteiger partial charge is 1.00 e. The van der Waals surface area contributed by atoms with Gasteiger partial charge < -0.3 is 16.4 Å². The second-order valence-electron chi connectivity index (χ2n) is 1.35. The van der Waals surface area contributed by atoms with Gasteiger partial charge >= 0.3 is 57.5 Å². The van der Waals surface area contributed by atoms with E-state index in [9.17, 15) is 4.79 Å². The third kappa shape index (κ3) is 9.44. The van der Waals surface area contributed by atoms with E-state index < -0.39 is 19.0 Å². The van der Waals surface area contributed by atoms with E-state index in [1.165, 1.54) is 0 Å². The molecule has 1 amide bonds. The van der Waals surface area contributed by atoms with Crippen LogP contribution in [0.1, 0.15) is 1.43 Å². The summed E-state index contributed by atoms with van der Waals surface area (Å²) in [5.74, 6) is 0. The van der Waals surface area contributed by atoms with E-state index >= 15 is 0 Å². The molecule has 0 aromatic carbocycles. The molecule has 0 spiro atoms. The molecule has 0 aliphatic heterocycles.